The normalized spacial score (nSPS) is 13.3. The third kappa shape index (κ3) is 4.61. The molecule has 5 heteroatoms. The van der Waals surface area contributed by atoms with Crippen molar-refractivity contribution in [1.29, 1.82) is 0 Å². The quantitative estimate of drug-likeness (QED) is 0.484. The van der Waals surface area contributed by atoms with E-state index in [1.54, 1.807) is 0 Å². The Labute approximate surface area is 156 Å². The fourth-order valence-corrected chi connectivity index (χ4v) is 3.67. The molecule has 1 unspecified atom stereocenters. The number of nitrogens with zero attached hydrogens (tertiary/aromatic N) is 2. The van der Waals surface area contributed by atoms with Gasteiger partial charge in [0.2, 0.25) is 0 Å². The third-order valence-corrected chi connectivity index (χ3v) is 6.23. The summed E-state index contributed by atoms with van der Waals surface area (Å²) in [6, 6.07) is 15.0. The molecule has 2 heterocycles. The summed E-state index contributed by atoms with van der Waals surface area (Å²) in [6.45, 7) is 10.3. The van der Waals surface area contributed by atoms with Gasteiger partial charge in [-0.2, -0.15) is 0 Å². The predicted octanol–water partition coefficient (Wildman–Crippen LogP) is 4.74. The Morgan fingerprint density at radius 2 is 1.96 bits per heavy atom. The van der Waals surface area contributed by atoms with Crippen LogP contribution >= 0.6 is 0 Å². The number of hydrogen-bond acceptors (Lipinski definition) is 3. The van der Waals surface area contributed by atoms with Gasteiger partial charge in [-0.15, -0.1) is 0 Å². The number of rotatable bonds is 7. The number of ether oxygens (including phenoxy) is 1. The van der Waals surface area contributed by atoms with Crippen LogP contribution in [0.5, 0.6) is 0 Å². The minimum absolute atomic E-state index is 0.538. The molecule has 1 N–H and O–H groups in total. The van der Waals surface area contributed by atoms with Crippen LogP contribution in [0.4, 0.5) is 0 Å². The smallest absolute Gasteiger partial charge is 0.122 e. The highest BCUT2D eigenvalue weighted by atomic mass is 28.3. The van der Waals surface area contributed by atoms with Gasteiger partial charge in [-0.1, -0.05) is 37.8 Å². The van der Waals surface area contributed by atoms with Gasteiger partial charge in [0.15, 0.2) is 0 Å². The Bertz CT molecular complexity index is 883. The fourth-order valence-electron chi connectivity index (χ4n) is 2.91. The molecule has 4 nitrogen and oxygen atoms in total. The zero-order chi connectivity index (χ0) is 18.7. The Balaban J connectivity index is 1.77. The summed E-state index contributed by atoms with van der Waals surface area (Å²) >= 11 is 0. The fraction of sp³-hybridized carbons (Fsp3) is 0.381. The van der Waals surface area contributed by atoms with E-state index in [0.29, 0.717) is 12.4 Å². The molecule has 0 bridgehead atoms. The second kappa shape index (κ2) is 7.74. The molecule has 1 atom stereocenters. The molecule has 0 aliphatic heterocycles. The minimum atomic E-state index is -1.07. The van der Waals surface area contributed by atoms with Crippen molar-refractivity contribution in [1.82, 2.24) is 9.55 Å². The van der Waals surface area contributed by atoms with Crippen LogP contribution in [-0.4, -0.2) is 29.3 Å². The monoisotopic (exact) mass is 368 g/mol. The zero-order valence-electron chi connectivity index (χ0n) is 16.1. The van der Waals surface area contributed by atoms with Crippen LogP contribution in [0.15, 0.2) is 48.7 Å². The van der Waals surface area contributed by atoms with Crippen LogP contribution < -0.4 is 0 Å². The lowest BCUT2D eigenvalue weighted by molar-refractivity contribution is 0.0902. The molecular formula is C21H28N2O2Si. The van der Waals surface area contributed by atoms with E-state index in [4.69, 9.17) is 4.74 Å². The summed E-state index contributed by atoms with van der Waals surface area (Å²) in [7, 11) is -1.07. The number of aryl methyl sites for hydroxylation is 1. The van der Waals surface area contributed by atoms with E-state index in [2.05, 4.69) is 35.3 Å². The summed E-state index contributed by atoms with van der Waals surface area (Å²) in [6.07, 6.45) is 1.32. The van der Waals surface area contributed by atoms with Gasteiger partial charge in [-0.3, -0.25) is 4.98 Å². The second-order valence-corrected chi connectivity index (χ2v) is 13.7. The van der Waals surface area contributed by atoms with Gasteiger partial charge >= 0.3 is 0 Å². The first-order valence-electron chi connectivity index (χ1n) is 9.12. The Morgan fingerprint density at radius 3 is 2.69 bits per heavy atom. The highest BCUT2D eigenvalue weighted by Crippen LogP contribution is 2.25. The molecule has 0 fully saturated rings. The lowest BCUT2D eigenvalue weighted by atomic mass is 10.0. The van der Waals surface area contributed by atoms with Crippen molar-refractivity contribution >= 4 is 19.0 Å². The number of fused-ring (bicyclic) bond motifs is 1. The standard InChI is InChI=1S/C21H28N2O2Si/c1-16-6-5-7-19(22-16)21(24)18-9-8-17-10-11-23(20(17)14-18)15-25-12-13-26(2,3)4/h5-11,14,21,24H,12-13,15H2,1-4H3. The number of aromatic nitrogens is 2. The van der Waals surface area contributed by atoms with Gasteiger partial charge < -0.3 is 14.4 Å². The molecular weight excluding hydrogens is 340 g/mol. The third-order valence-electron chi connectivity index (χ3n) is 4.53. The van der Waals surface area contributed by atoms with Gasteiger partial charge in [0.1, 0.15) is 12.8 Å². The molecule has 0 saturated heterocycles. The minimum Gasteiger partial charge on any atom is -0.382 e. The molecule has 138 valence electrons. The topological polar surface area (TPSA) is 47.3 Å². The molecule has 0 amide bonds. The molecule has 0 aliphatic carbocycles. The van der Waals surface area contributed by atoms with Crippen molar-refractivity contribution < 1.29 is 9.84 Å². The molecule has 0 saturated carbocycles. The molecule has 0 radical (unpaired) electrons. The average molecular weight is 369 g/mol. The maximum absolute atomic E-state index is 10.7. The summed E-state index contributed by atoms with van der Waals surface area (Å²) in [5.41, 5.74) is 3.50. The van der Waals surface area contributed by atoms with Gasteiger partial charge in [-0.25, -0.2) is 0 Å². The summed E-state index contributed by atoms with van der Waals surface area (Å²) < 4.78 is 7.98. The van der Waals surface area contributed by atoms with Crippen molar-refractivity contribution in [2.24, 2.45) is 0 Å². The average Bonchev–Trinajstić information content (AvgIpc) is 2.99. The summed E-state index contributed by atoms with van der Waals surface area (Å²) in [4.78, 5) is 4.45. The van der Waals surface area contributed by atoms with Crippen molar-refractivity contribution in [3.8, 4) is 0 Å². The molecule has 3 rings (SSSR count). The SMILES string of the molecule is Cc1cccc(C(O)c2ccc3ccn(COCC[Si](C)(C)C)c3c2)n1. The highest BCUT2D eigenvalue weighted by Gasteiger charge is 2.14. The number of benzene rings is 1. The lowest BCUT2D eigenvalue weighted by Crippen LogP contribution is -2.21. The van der Waals surface area contributed by atoms with Crippen molar-refractivity contribution in [2.45, 2.75) is 45.4 Å². The van der Waals surface area contributed by atoms with E-state index >= 15 is 0 Å². The lowest BCUT2D eigenvalue weighted by Gasteiger charge is -2.16. The molecule has 0 spiro atoms. The number of hydrogen-bond donors (Lipinski definition) is 1. The van der Waals surface area contributed by atoms with E-state index < -0.39 is 14.2 Å². The van der Waals surface area contributed by atoms with E-state index in [-0.39, 0.29) is 0 Å². The number of aliphatic hydroxyl groups is 1. The maximum atomic E-state index is 10.7. The summed E-state index contributed by atoms with van der Waals surface area (Å²) in [5.74, 6) is 0. The highest BCUT2D eigenvalue weighted by molar-refractivity contribution is 6.76. The predicted molar refractivity (Wildman–Crippen MR) is 109 cm³/mol. The van der Waals surface area contributed by atoms with Crippen LogP contribution in [0.3, 0.4) is 0 Å². The Hall–Kier alpha value is -1.95. The second-order valence-electron chi connectivity index (χ2n) is 8.06. The molecule has 26 heavy (non-hydrogen) atoms. The summed E-state index contributed by atoms with van der Waals surface area (Å²) in [5, 5.41) is 11.9. The number of pyridine rings is 1. The molecule has 3 aromatic rings. The van der Waals surface area contributed by atoms with Crippen LogP contribution in [0.25, 0.3) is 10.9 Å². The van der Waals surface area contributed by atoms with Crippen molar-refractivity contribution in [3.63, 3.8) is 0 Å². The van der Waals surface area contributed by atoms with Gasteiger partial charge in [0.05, 0.1) is 11.2 Å². The molecule has 2 aromatic heterocycles. The first kappa shape index (κ1) is 18.8. The van der Waals surface area contributed by atoms with E-state index in [0.717, 1.165) is 34.8 Å². The van der Waals surface area contributed by atoms with Crippen molar-refractivity contribution in [3.05, 3.63) is 65.6 Å². The van der Waals surface area contributed by atoms with Gasteiger partial charge in [0.25, 0.3) is 0 Å². The maximum Gasteiger partial charge on any atom is 0.122 e. The van der Waals surface area contributed by atoms with Crippen LogP contribution in [0.1, 0.15) is 23.1 Å². The zero-order valence-corrected chi connectivity index (χ0v) is 17.1. The largest absolute Gasteiger partial charge is 0.382 e. The van der Waals surface area contributed by atoms with E-state index in [1.807, 2.05) is 49.5 Å². The molecule has 0 aliphatic rings. The van der Waals surface area contributed by atoms with Gasteiger partial charge in [0, 0.05) is 26.6 Å². The van der Waals surface area contributed by atoms with Gasteiger partial charge in [-0.05, 0) is 48.2 Å². The van der Waals surface area contributed by atoms with Crippen LogP contribution in [-0.2, 0) is 11.5 Å². The van der Waals surface area contributed by atoms with Crippen LogP contribution in [0.2, 0.25) is 25.7 Å². The Morgan fingerprint density at radius 1 is 1.15 bits per heavy atom. The van der Waals surface area contributed by atoms with Crippen LogP contribution in [0, 0.1) is 6.92 Å². The van der Waals surface area contributed by atoms with E-state index in [9.17, 15) is 5.11 Å². The van der Waals surface area contributed by atoms with Crippen molar-refractivity contribution in [2.75, 3.05) is 6.61 Å². The first-order valence-corrected chi connectivity index (χ1v) is 12.8. The Kier molecular flexibility index (Phi) is 5.60. The first-order chi connectivity index (χ1) is 12.3. The molecule has 1 aromatic carbocycles. The number of aliphatic hydroxyl groups excluding tert-OH is 1. The van der Waals surface area contributed by atoms with E-state index in [1.165, 1.54) is 0 Å².